The van der Waals surface area contributed by atoms with Crippen LogP contribution in [0.15, 0.2) is 18.2 Å². The molecular formula is C12H13Cl2NO4S. The van der Waals surface area contributed by atoms with Crippen molar-refractivity contribution < 1.29 is 17.9 Å². The van der Waals surface area contributed by atoms with Gasteiger partial charge >= 0.3 is 0 Å². The van der Waals surface area contributed by atoms with Crippen LogP contribution in [0, 0.1) is 0 Å². The molecule has 1 aliphatic heterocycles. The van der Waals surface area contributed by atoms with Crippen molar-refractivity contribution in [2.24, 2.45) is 0 Å². The second-order valence-electron chi connectivity index (χ2n) is 4.52. The van der Waals surface area contributed by atoms with E-state index in [2.05, 4.69) is 5.32 Å². The number of alkyl halides is 1. The number of amides is 1. The number of carbonyl (C=O) groups is 1. The molecule has 2 rings (SSSR count). The number of benzene rings is 1. The van der Waals surface area contributed by atoms with E-state index in [9.17, 15) is 13.2 Å². The second kappa shape index (κ2) is 5.79. The third kappa shape index (κ3) is 3.37. The minimum absolute atomic E-state index is 0.128. The zero-order valence-electron chi connectivity index (χ0n) is 10.6. The lowest BCUT2D eigenvalue weighted by Crippen LogP contribution is -2.40. The van der Waals surface area contributed by atoms with Crippen molar-refractivity contribution in [3.63, 3.8) is 0 Å². The van der Waals surface area contributed by atoms with Crippen LogP contribution in [-0.4, -0.2) is 44.4 Å². The summed E-state index contributed by atoms with van der Waals surface area (Å²) in [5.41, 5.74) is 0.282. The van der Waals surface area contributed by atoms with E-state index in [1.165, 1.54) is 19.2 Å². The minimum Gasteiger partial charge on any atom is -0.496 e. The van der Waals surface area contributed by atoms with Gasteiger partial charge in [-0.3, -0.25) is 4.79 Å². The molecule has 110 valence electrons. The van der Waals surface area contributed by atoms with Gasteiger partial charge in [0.25, 0.3) is 5.91 Å². The Balaban J connectivity index is 2.17. The maximum atomic E-state index is 12.2. The molecule has 1 heterocycles. The van der Waals surface area contributed by atoms with Crippen molar-refractivity contribution >= 4 is 38.9 Å². The van der Waals surface area contributed by atoms with Gasteiger partial charge in [0.05, 0.1) is 35.6 Å². The van der Waals surface area contributed by atoms with Crippen LogP contribution < -0.4 is 10.1 Å². The fourth-order valence-corrected chi connectivity index (χ4v) is 4.75. The first-order valence-corrected chi connectivity index (χ1v) is 8.45. The lowest BCUT2D eigenvalue weighted by atomic mass is 10.1. The Morgan fingerprint density at radius 3 is 2.65 bits per heavy atom. The summed E-state index contributed by atoms with van der Waals surface area (Å²) in [7, 11) is -1.77. The summed E-state index contributed by atoms with van der Waals surface area (Å²) in [6, 6.07) is 3.99. The monoisotopic (exact) mass is 337 g/mol. The molecule has 1 fully saturated rings. The maximum absolute atomic E-state index is 12.2. The van der Waals surface area contributed by atoms with Gasteiger partial charge in [-0.2, -0.15) is 0 Å². The Labute approximate surface area is 127 Å². The number of methoxy groups -OCH3 is 1. The summed E-state index contributed by atoms with van der Waals surface area (Å²) < 4.78 is 28.0. The molecule has 20 heavy (non-hydrogen) atoms. The molecule has 0 aromatic heterocycles. The highest BCUT2D eigenvalue weighted by molar-refractivity contribution is 7.91. The number of sulfone groups is 1. The van der Waals surface area contributed by atoms with E-state index in [0.29, 0.717) is 10.8 Å². The van der Waals surface area contributed by atoms with Crippen LogP contribution >= 0.6 is 23.2 Å². The number of ether oxygens (including phenoxy) is 1. The Morgan fingerprint density at radius 2 is 2.10 bits per heavy atom. The number of carbonyl (C=O) groups excluding carboxylic acids is 1. The summed E-state index contributed by atoms with van der Waals surface area (Å²) in [5, 5.41) is 2.44. The van der Waals surface area contributed by atoms with Gasteiger partial charge in [0.15, 0.2) is 9.84 Å². The summed E-state index contributed by atoms with van der Waals surface area (Å²) in [5.74, 6) is -0.395. The number of hydrogen-bond acceptors (Lipinski definition) is 4. The normalized spacial score (nSPS) is 24.4. The van der Waals surface area contributed by atoms with Gasteiger partial charge in [-0.05, 0) is 18.2 Å². The maximum Gasteiger partial charge on any atom is 0.255 e. The van der Waals surface area contributed by atoms with Crippen molar-refractivity contribution in [1.29, 1.82) is 0 Å². The summed E-state index contributed by atoms with van der Waals surface area (Å²) in [4.78, 5) is 12.2. The molecule has 0 bridgehead atoms. The van der Waals surface area contributed by atoms with Gasteiger partial charge in [-0.1, -0.05) is 11.6 Å². The molecular weight excluding hydrogens is 325 g/mol. The predicted molar refractivity (Wildman–Crippen MR) is 77.6 cm³/mol. The van der Waals surface area contributed by atoms with Crippen LogP contribution in [-0.2, 0) is 9.84 Å². The molecule has 1 N–H and O–H groups in total. The fraction of sp³-hybridized carbons (Fsp3) is 0.417. The largest absolute Gasteiger partial charge is 0.496 e. The molecule has 1 aromatic rings. The average Bonchev–Trinajstić information content (AvgIpc) is 2.61. The van der Waals surface area contributed by atoms with Gasteiger partial charge in [0.2, 0.25) is 0 Å². The van der Waals surface area contributed by atoms with Crippen LogP contribution in [0.1, 0.15) is 10.4 Å². The standard InChI is InChI=1S/C12H13Cl2NO4S/c1-19-11-4-7(13)2-3-8(11)12(16)15-10-6-20(17,18)5-9(10)14/h2-4,9-10H,5-6H2,1H3,(H,15,16). The van der Waals surface area contributed by atoms with Crippen LogP contribution in [0.2, 0.25) is 5.02 Å². The van der Waals surface area contributed by atoms with E-state index in [1.54, 1.807) is 6.07 Å². The van der Waals surface area contributed by atoms with Crippen molar-refractivity contribution in [3.05, 3.63) is 28.8 Å². The zero-order valence-corrected chi connectivity index (χ0v) is 12.9. The highest BCUT2D eigenvalue weighted by Gasteiger charge is 2.37. The van der Waals surface area contributed by atoms with Gasteiger partial charge in [-0.25, -0.2) is 8.42 Å². The van der Waals surface area contributed by atoms with Gasteiger partial charge in [0, 0.05) is 5.02 Å². The Hall–Kier alpha value is -0.980. The van der Waals surface area contributed by atoms with E-state index in [4.69, 9.17) is 27.9 Å². The quantitative estimate of drug-likeness (QED) is 0.848. The Bertz CT molecular complexity index is 632. The van der Waals surface area contributed by atoms with Crippen LogP contribution in [0.4, 0.5) is 0 Å². The Morgan fingerprint density at radius 1 is 1.40 bits per heavy atom. The van der Waals surface area contributed by atoms with Crippen molar-refractivity contribution in [2.75, 3.05) is 18.6 Å². The van der Waals surface area contributed by atoms with E-state index >= 15 is 0 Å². The molecule has 1 amide bonds. The van der Waals surface area contributed by atoms with Crippen LogP contribution in [0.25, 0.3) is 0 Å². The fourth-order valence-electron chi connectivity index (χ4n) is 2.04. The molecule has 5 nitrogen and oxygen atoms in total. The molecule has 1 saturated heterocycles. The lowest BCUT2D eigenvalue weighted by Gasteiger charge is -2.15. The Kier molecular flexibility index (Phi) is 4.46. The topological polar surface area (TPSA) is 72.5 Å². The summed E-state index contributed by atoms with van der Waals surface area (Å²) in [6.07, 6.45) is 0. The SMILES string of the molecule is COc1cc(Cl)ccc1C(=O)NC1CS(=O)(=O)CC1Cl. The van der Waals surface area contributed by atoms with Crippen LogP contribution in [0.5, 0.6) is 5.75 Å². The number of halogens is 2. The van der Waals surface area contributed by atoms with Gasteiger partial charge in [-0.15, -0.1) is 11.6 Å². The van der Waals surface area contributed by atoms with E-state index in [-0.39, 0.29) is 17.1 Å². The van der Waals surface area contributed by atoms with E-state index < -0.39 is 27.2 Å². The first kappa shape index (κ1) is 15.4. The van der Waals surface area contributed by atoms with Crippen LogP contribution in [0.3, 0.4) is 0 Å². The minimum atomic E-state index is -3.19. The van der Waals surface area contributed by atoms with E-state index in [0.717, 1.165) is 0 Å². The van der Waals surface area contributed by atoms with Crippen molar-refractivity contribution in [3.8, 4) is 5.75 Å². The third-order valence-electron chi connectivity index (χ3n) is 3.01. The molecule has 0 aliphatic carbocycles. The lowest BCUT2D eigenvalue weighted by molar-refractivity contribution is 0.0938. The van der Waals surface area contributed by atoms with Gasteiger partial charge in [0.1, 0.15) is 5.75 Å². The molecule has 8 heteroatoms. The molecule has 1 aliphatic rings. The number of nitrogens with one attached hydrogen (secondary N) is 1. The molecule has 1 aromatic carbocycles. The average molecular weight is 338 g/mol. The van der Waals surface area contributed by atoms with Gasteiger partial charge < -0.3 is 10.1 Å². The third-order valence-corrected chi connectivity index (χ3v) is 5.62. The van der Waals surface area contributed by atoms with Crippen molar-refractivity contribution in [1.82, 2.24) is 5.32 Å². The molecule has 0 saturated carbocycles. The molecule has 2 atom stereocenters. The van der Waals surface area contributed by atoms with E-state index in [1.807, 2.05) is 0 Å². The predicted octanol–water partition coefficient (Wildman–Crippen LogP) is 1.48. The summed E-state index contributed by atoms with van der Waals surface area (Å²) in [6.45, 7) is 0. The first-order valence-electron chi connectivity index (χ1n) is 5.81. The zero-order chi connectivity index (χ0) is 14.9. The summed E-state index contributed by atoms with van der Waals surface area (Å²) >= 11 is 11.8. The highest BCUT2D eigenvalue weighted by atomic mass is 35.5. The first-order chi connectivity index (χ1) is 9.32. The smallest absolute Gasteiger partial charge is 0.255 e. The number of hydrogen-bond donors (Lipinski definition) is 1. The molecule has 0 spiro atoms. The van der Waals surface area contributed by atoms with Crippen molar-refractivity contribution in [2.45, 2.75) is 11.4 Å². The molecule has 0 radical (unpaired) electrons. The number of rotatable bonds is 3. The highest BCUT2D eigenvalue weighted by Crippen LogP contribution is 2.24. The molecule has 2 unspecified atom stereocenters. The second-order valence-corrected chi connectivity index (χ2v) is 7.67.